The quantitative estimate of drug-likeness (QED) is 0.697. The first-order valence-corrected chi connectivity index (χ1v) is 9.87. The molecule has 0 aliphatic carbocycles. The average Bonchev–Trinajstić information content (AvgIpc) is 2.98. The van der Waals surface area contributed by atoms with E-state index in [2.05, 4.69) is 17.4 Å². The van der Waals surface area contributed by atoms with Gasteiger partial charge in [-0.1, -0.05) is 42.5 Å². The van der Waals surface area contributed by atoms with Gasteiger partial charge in [0.05, 0.1) is 10.6 Å². The van der Waals surface area contributed by atoms with Gasteiger partial charge in [-0.2, -0.15) is 0 Å². The zero-order valence-corrected chi connectivity index (χ0v) is 15.8. The molecule has 0 saturated carbocycles. The third-order valence-electron chi connectivity index (χ3n) is 4.66. The maximum atomic E-state index is 13.7. The Balaban J connectivity index is 1.47. The Kier molecular flexibility index (Phi) is 5.03. The molecule has 5 heteroatoms. The van der Waals surface area contributed by atoms with Crippen molar-refractivity contribution in [3.8, 4) is 5.75 Å². The van der Waals surface area contributed by atoms with Crippen molar-refractivity contribution in [2.45, 2.75) is 30.6 Å². The molecular weight excluding hydrogens is 361 g/mol. The number of amides is 1. The van der Waals surface area contributed by atoms with E-state index in [1.54, 1.807) is 30.0 Å². The lowest BCUT2D eigenvalue weighted by molar-refractivity contribution is -0.119. The molecule has 0 aromatic heterocycles. The first-order valence-electron chi connectivity index (χ1n) is 8.93. The molecule has 27 heavy (non-hydrogen) atoms. The van der Waals surface area contributed by atoms with E-state index in [0.29, 0.717) is 11.3 Å². The molecule has 0 radical (unpaired) electrons. The lowest BCUT2D eigenvalue weighted by atomic mass is 10.0. The maximum absolute atomic E-state index is 13.7. The van der Waals surface area contributed by atoms with Crippen LogP contribution in [0.5, 0.6) is 5.75 Å². The Bertz CT molecular complexity index is 991. The highest BCUT2D eigenvalue weighted by molar-refractivity contribution is 8.01. The van der Waals surface area contributed by atoms with Gasteiger partial charge in [0.2, 0.25) is 5.91 Å². The van der Waals surface area contributed by atoms with Gasteiger partial charge in [-0.05, 0) is 47.9 Å². The van der Waals surface area contributed by atoms with E-state index in [-0.39, 0.29) is 29.0 Å². The summed E-state index contributed by atoms with van der Waals surface area (Å²) in [7, 11) is 0. The summed E-state index contributed by atoms with van der Waals surface area (Å²) in [5.41, 5.74) is 1.68. The third-order valence-corrected chi connectivity index (χ3v) is 5.89. The molecule has 2 atom stereocenters. The van der Waals surface area contributed by atoms with Crippen LogP contribution in [-0.2, 0) is 17.8 Å². The second-order valence-corrected chi connectivity index (χ2v) is 8.25. The summed E-state index contributed by atoms with van der Waals surface area (Å²) in [4.78, 5) is 11.9. The van der Waals surface area contributed by atoms with Crippen LogP contribution in [0.2, 0.25) is 0 Å². The minimum Gasteiger partial charge on any atom is -0.489 e. The molecule has 1 amide bonds. The normalized spacial score (nSPS) is 19.3. The molecule has 1 fully saturated rings. The number of fused-ring (bicyclic) bond motifs is 1. The molecule has 3 aromatic carbocycles. The number of rotatable bonds is 5. The van der Waals surface area contributed by atoms with Gasteiger partial charge in [-0.3, -0.25) is 4.79 Å². The minimum absolute atomic E-state index is 0.0270. The van der Waals surface area contributed by atoms with Gasteiger partial charge in [0, 0.05) is 5.56 Å². The first-order chi connectivity index (χ1) is 13.1. The van der Waals surface area contributed by atoms with E-state index in [0.717, 1.165) is 22.8 Å². The van der Waals surface area contributed by atoms with Crippen molar-refractivity contribution in [2.24, 2.45) is 0 Å². The molecule has 3 aromatic rings. The van der Waals surface area contributed by atoms with E-state index in [1.807, 2.05) is 31.2 Å². The van der Waals surface area contributed by atoms with Gasteiger partial charge in [0.15, 0.2) is 0 Å². The summed E-state index contributed by atoms with van der Waals surface area (Å²) < 4.78 is 19.4. The van der Waals surface area contributed by atoms with Crippen molar-refractivity contribution in [3.05, 3.63) is 77.6 Å². The number of carbonyl (C=O) groups excluding carboxylic acids is 1. The summed E-state index contributed by atoms with van der Waals surface area (Å²) in [6.07, 6.45) is 0.725. The fourth-order valence-electron chi connectivity index (χ4n) is 3.26. The van der Waals surface area contributed by atoms with E-state index >= 15 is 0 Å². The smallest absolute Gasteiger partial charge is 0.234 e. The number of halogens is 1. The lowest BCUT2D eigenvalue weighted by Crippen LogP contribution is -2.26. The fraction of sp³-hybridized carbons (Fsp3) is 0.227. The average molecular weight is 381 g/mol. The third kappa shape index (κ3) is 4.08. The Labute approximate surface area is 161 Å². The molecule has 1 heterocycles. The Morgan fingerprint density at radius 3 is 2.63 bits per heavy atom. The number of hydrogen-bond acceptors (Lipinski definition) is 3. The van der Waals surface area contributed by atoms with Crippen LogP contribution in [0.3, 0.4) is 0 Å². The lowest BCUT2D eigenvalue weighted by Gasteiger charge is -2.10. The second-order valence-electron chi connectivity index (χ2n) is 6.70. The highest BCUT2D eigenvalue weighted by Crippen LogP contribution is 2.28. The monoisotopic (exact) mass is 381 g/mol. The topological polar surface area (TPSA) is 38.3 Å². The number of nitrogens with one attached hydrogen (secondary N) is 1. The number of thioether (sulfide) groups is 1. The predicted octanol–water partition coefficient (Wildman–Crippen LogP) is 4.68. The fourth-order valence-corrected chi connectivity index (χ4v) is 4.41. The van der Waals surface area contributed by atoms with Crippen LogP contribution >= 0.6 is 11.8 Å². The van der Waals surface area contributed by atoms with E-state index in [9.17, 15) is 9.18 Å². The predicted molar refractivity (Wildman–Crippen MR) is 107 cm³/mol. The molecule has 0 spiro atoms. The van der Waals surface area contributed by atoms with Crippen LogP contribution in [0.25, 0.3) is 10.8 Å². The van der Waals surface area contributed by atoms with Crippen molar-refractivity contribution < 1.29 is 13.9 Å². The molecule has 3 nitrogen and oxygen atoms in total. The van der Waals surface area contributed by atoms with Crippen LogP contribution in [0.1, 0.15) is 18.1 Å². The van der Waals surface area contributed by atoms with Crippen LogP contribution in [-0.4, -0.2) is 16.5 Å². The first kappa shape index (κ1) is 17.9. The SMILES string of the molecule is CC1NC(=O)C(Cc2ccc3cc(OCc4ccccc4F)ccc3c2)S1. The summed E-state index contributed by atoms with van der Waals surface area (Å²) in [6, 6.07) is 18.7. The standard InChI is InChI=1S/C22H20FNO2S/c1-14-24-22(25)21(27-14)11-15-6-7-17-12-19(9-8-16(17)10-15)26-13-18-4-2-3-5-20(18)23/h2-10,12,14,21H,11,13H2,1H3,(H,24,25). The van der Waals surface area contributed by atoms with Gasteiger partial charge in [0.25, 0.3) is 0 Å². The zero-order chi connectivity index (χ0) is 18.8. The molecule has 0 bridgehead atoms. The van der Waals surface area contributed by atoms with Crippen LogP contribution in [0.4, 0.5) is 4.39 Å². The van der Waals surface area contributed by atoms with Gasteiger partial charge in [0.1, 0.15) is 18.2 Å². The van der Waals surface area contributed by atoms with Crippen molar-refractivity contribution in [3.63, 3.8) is 0 Å². The highest BCUT2D eigenvalue weighted by Gasteiger charge is 2.29. The molecule has 2 unspecified atom stereocenters. The number of benzene rings is 3. The molecule has 1 aliphatic rings. The van der Waals surface area contributed by atoms with Gasteiger partial charge in [-0.15, -0.1) is 11.8 Å². The van der Waals surface area contributed by atoms with E-state index in [4.69, 9.17) is 4.74 Å². The molecule has 4 rings (SSSR count). The van der Waals surface area contributed by atoms with Crippen molar-refractivity contribution in [2.75, 3.05) is 0 Å². The summed E-state index contributed by atoms with van der Waals surface area (Å²) in [5, 5.41) is 5.25. The summed E-state index contributed by atoms with van der Waals surface area (Å²) >= 11 is 1.67. The number of hydrogen-bond donors (Lipinski definition) is 1. The van der Waals surface area contributed by atoms with Gasteiger partial charge in [-0.25, -0.2) is 4.39 Å². The van der Waals surface area contributed by atoms with Crippen LogP contribution < -0.4 is 10.1 Å². The van der Waals surface area contributed by atoms with E-state index < -0.39 is 0 Å². The molecule has 1 N–H and O–H groups in total. The summed E-state index contributed by atoms with van der Waals surface area (Å²) in [6.45, 7) is 2.20. The van der Waals surface area contributed by atoms with Gasteiger partial charge >= 0.3 is 0 Å². The Morgan fingerprint density at radius 1 is 1.07 bits per heavy atom. The molecule has 1 aliphatic heterocycles. The van der Waals surface area contributed by atoms with E-state index in [1.165, 1.54) is 6.07 Å². The number of ether oxygens (including phenoxy) is 1. The minimum atomic E-state index is -0.258. The molecule has 1 saturated heterocycles. The molecule has 138 valence electrons. The highest BCUT2D eigenvalue weighted by atomic mass is 32.2. The van der Waals surface area contributed by atoms with Gasteiger partial charge < -0.3 is 10.1 Å². The number of carbonyl (C=O) groups is 1. The van der Waals surface area contributed by atoms with Crippen molar-refractivity contribution in [1.82, 2.24) is 5.32 Å². The van der Waals surface area contributed by atoms with Crippen molar-refractivity contribution >= 4 is 28.4 Å². The van der Waals surface area contributed by atoms with Crippen LogP contribution in [0.15, 0.2) is 60.7 Å². The Hall–Kier alpha value is -2.53. The second kappa shape index (κ2) is 7.61. The largest absolute Gasteiger partial charge is 0.489 e. The summed E-state index contributed by atoms with van der Waals surface area (Å²) in [5.74, 6) is 0.564. The Morgan fingerprint density at radius 2 is 1.85 bits per heavy atom. The maximum Gasteiger partial charge on any atom is 0.234 e. The molecular formula is C22H20FNO2S. The zero-order valence-electron chi connectivity index (χ0n) is 14.9. The van der Waals surface area contributed by atoms with Crippen LogP contribution in [0, 0.1) is 5.82 Å². The van der Waals surface area contributed by atoms with Crippen molar-refractivity contribution in [1.29, 1.82) is 0 Å².